The summed E-state index contributed by atoms with van der Waals surface area (Å²) in [4.78, 5) is 17.6. The molecule has 152 valence electrons. The highest BCUT2D eigenvalue weighted by Gasteiger charge is 2.18. The molecule has 0 atom stereocenters. The minimum absolute atomic E-state index is 0.299. The van der Waals surface area contributed by atoms with E-state index in [0.717, 1.165) is 33.9 Å². The number of nitrogens with zero attached hydrogens (tertiary/aromatic N) is 3. The first-order valence-corrected chi connectivity index (χ1v) is 11.3. The molecule has 0 bridgehead atoms. The molecule has 1 aliphatic rings. The number of aromatic nitrogens is 3. The van der Waals surface area contributed by atoms with Crippen LogP contribution in [0.1, 0.15) is 40.0 Å². The van der Waals surface area contributed by atoms with Crippen LogP contribution >= 0.6 is 34.5 Å². The van der Waals surface area contributed by atoms with Crippen molar-refractivity contribution in [1.29, 1.82) is 0 Å². The fourth-order valence-corrected chi connectivity index (χ4v) is 5.30. The van der Waals surface area contributed by atoms with Crippen molar-refractivity contribution in [3.05, 3.63) is 68.8 Å². The highest BCUT2D eigenvalue weighted by Crippen LogP contribution is 2.32. The summed E-state index contributed by atoms with van der Waals surface area (Å²) in [6, 6.07) is 11.1. The lowest BCUT2D eigenvalue weighted by molar-refractivity contribution is 0.102. The number of fused-ring (bicyclic) bond motifs is 2. The Hall–Kier alpha value is -2.41. The van der Waals surface area contributed by atoms with Crippen molar-refractivity contribution >= 4 is 56.5 Å². The van der Waals surface area contributed by atoms with Gasteiger partial charge in [0.05, 0.1) is 26.5 Å². The van der Waals surface area contributed by atoms with E-state index in [9.17, 15) is 4.79 Å². The molecule has 1 amide bonds. The Bertz CT molecular complexity index is 1250. The van der Waals surface area contributed by atoms with Crippen molar-refractivity contribution < 1.29 is 4.79 Å². The fraction of sp³-hybridized carbons (Fsp3) is 0.227. The molecule has 1 aliphatic carbocycles. The van der Waals surface area contributed by atoms with E-state index in [1.807, 2.05) is 13.0 Å². The number of benzene rings is 2. The van der Waals surface area contributed by atoms with Crippen LogP contribution in [0, 0.1) is 6.92 Å². The van der Waals surface area contributed by atoms with Gasteiger partial charge in [0.15, 0.2) is 0 Å². The molecule has 8 heteroatoms. The Morgan fingerprint density at radius 1 is 1.10 bits per heavy atom. The SMILES string of the molecule is Cc1cc(NC(=O)c2ccc(Cl)cc2Cl)n(-c2nc3cc4c(cc3s2)CCCC4)n1. The van der Waals surface area contributed by atoms with E-state index < -0.39 is 0 Å². The molecule has 0 saturated carbocycles. The zero-order chi connectivity index (χ0) is 20.8. The Kier molecular flexibility index (Phi) is 5.01. The van der Waals surface area contributed by atoms with Crippen LogP contribution in [0.4, 0.5) is 5.82 Å². The highest BCUT2D eigenvalue weighted by molar-refractivity contribution is 7.20. The molecule has 5 nitrogen and oxygen atoms in total. The van der Waals surface area contributed by atoms with Gasteiger partial charge >= 0.3 is 0 Å². The van der Waals surface area contributed by atoms with E-state index >= 15 is 0 Å². The molecular formula is C22H18Cl2N4OS. The molecule has 0 saturated heterocycles. The minimum Gasteiger partial charge on any atom is -0.306 e. The number of halogens is 2. The highest BCUT2D eigenvalue weighted by atomic mass is 35.5. The maximum Gasteiger partial charge on any atom is 0.258 e. The molecule has 0 fully saturated rings. The molecule has 0 unspecified atom stereocenters. The second kappa shape index (κ2) is 7.69. The zero-order valence-corrected chi connectivity index (χ0v) is 18.5. The van der Waals surface area contributed by atoms with Gasteiger partial charge in [0.25, 0.3) is 5.91 Å². The van der Waals surface area contributed by atoms with Crippen LogP contribution in [0.25, 0.3) is 15.3 Å². The molecule has 2 aromatic carbocycles. The molecule has 30 heavy (non-hydrogen) atoms. The predicted octanol–water partition coefficient (Wildman–Crippen LogP) is 6.23. The molecule has 0 aliphatic heterocycles. The summed E-state index contributed by atoms with van der Waals surface area (Å²) < 4.78 is 2.82. The van der Waals surface area contributed by atoms with Crippen molar-refractivity contribution in [3.63, 3.8) is 0 Å². The molecule has 1 N–H and O–H groups in total. The van der Waals surface area contributed by atoms with Crippen LogP contribution in [-0.2, 0) is 12.8 Å². The van der Waals surface area contributed by atoms with E-state index in [0.29, 0.717) is 21.4 Å². The average molecular weight is 457 g/mol. The molecule has 2 heterocycles. The van der Waals surface area contributed by atoms with Gasteiger partial charge in [0.2, 0.25) is 5.13 Å². The second-order valence-corrected chi connectivity index (χ2v) is 9.31. The lowest BCUT2D eigenvalue weighted by atomic mass is 9.92. The summed E-state index contributed by atoms with van der Waals surface area (Å²) in [7, 11) is 0. The predicted molar refractivity (Wildman–Crippen MR) is 123 cm³/mol. The number of carbonyl (C=O) groups excluding carboxylic acids is 1. The third kappa shape index (κ3) is 3.60. The monoisotopic (exact) mass is 456 g/mol. The van der Waals surface area contributed by atoms with Crippen LogP contribution < -0.4 is 5.32 Å². The van der Waals surface area contributed by atoms with Crippen LogP contribution in [-0.4, -0.2) is 20.7 Å². The van der Waals surface area contributed by atoms with Gasteiger partial charge in [-0.05, 0) is 74.1 Å². The first-order chi connectivity index (χ1) is 14.5. The van der Waals surface area contributed by atoms with Crippen molar-refractivity contribution in [2.24, 2.45) is 0 Å². The topological polar surface area (TPSA) is 59.8 Å². The van der Waals surface area contributed by atoms with Gasteiger partial charge in [-0.25, -0.2) is 4.98 Å². The van der Waals surface area contributed by atoms with Gasteiger partial charge in [-0.15, -0.1) is 0 Å². The lowest BCUT2D eigenvalue weighted by Gasteiger charge is -2.14. The molecule has 0 spiro atoms. The Labute approximate surface area is 187 Å². The average Bonchev–Trinajstić information content (AvgIpc) is 3.28. The Morgan fingerprint density at radius 2 is 1.87 bits per heavy atom. The van der Waals surface area contributed by atoms with Crippen molar-refractivity contribution in [2.75, 3.05) is 5.32 Å². The number of rotatable bonds is 3. The lowest BCUT2D eigenvalue weighted by Crippen LogP contribution is -2.15. The number of hydrogen-bond donors (Lipinski definition) is 1. The van der Waals surface area contributed by atoms with Gasteiger partial charge in [0.1, 0.15) is 5.82 Å². The molecular weight excluding hydrogens is 439 g/mol. The number of carbonyl (C=O) groups is 1. The maximum absolute atomic E-state index is 12.8. The summed E-state index contributed by atoms with van der Waals surface area (Å²) in [5.74, 6) is 0.224. The Morgan fingerprint density at radius 3 is 2.63 bits per heavy atom. The van der Waals surface area contributed by atoms with E-state index in [4.69, 9.17) is 28.2 Å². The largest absolute Gasteiger partial charge is 0.306 e. The number of aryl methyl sites for hydroxylation is 3. The summed E-state index contributed by atoms with van der Waals surface area (Å²) in [5, 5.41) is 8.96. The molecule has 2 aromatic heterocycles. The normalized spacial score (nSPS) is 13.4. The summed E-state index contributed by atoms with van der Waals surface area (Å²) in [6.45, 7) is 1.88. The van der Waals surface area contributed by atoms with Gasteiger partial charge < -0.3 is 5.32 Å². The second-order valence-electron chi connectivity index (χ2n) is 7.45. The summed E-state index contributed by atoms with van der Waals surface area (Å²) in [5.41, 5.74) is 4.93. The van der Waals surface area contributed by atoms with E-state index in [-0.39, 0.29) is 5.91 Å². The molecule has 4 aromatic rings. The van der Waals surface area contributed by atoms with E-state index in [1.54, 1.807) is 34.2 Å². The quantitative estimate of drug-likeness (QED) is 0.397. The summed E-state index contributed by atoms with van der Waals surface area (Å²) >= 11 is 13.7. The van der Waals surface area contributed by atoms with Crippen LogP contribution in [0.5, 0.6) is 0 Å². The van der Waals surface area contributed by atoms with Crippen molar-refractivity contribution in [1.82, 2.24) is 14.8 Å². The van der Waals surface area contributed by atoms with Gasteiger partial charge in [-0.2, -0.15) is 9.78 Å². The van der Waals surface area contributed by atoms with Crippen LogP contribution in [0.2, 0.25) is 10.0 Å². The van der Waals surface area contributed by atoms with Gasteiger partial charge in [-0.3, -0.25) is 4.79 Å². The summed E-state index contributed by atoms with van der Waals surface area (Å²) in [6.07, 6.45) is 4.72. The third-order valence-corrected chi connectivity index (χ3v) is 6.81. The number of hydrogen-bond acceptors (Lipinski definition) is 4. The third-order valence-electron chi connectivity index (χ3n) is 5.27. The van der Waals surface area contributed by atoms with E-state index in [2.05, 4.69) is 22.5 Å². The van der Waals surface area contributed by atoms with Crippen molar-refractivity contribution in [2.45, 2.75) is 32.6 Å². The number of nitrogens with one attached hydrogen (secondary N) is 1. The van der Waals surface area contributed by atoms with Gasteiger partial charge in [-0.1, -0.05) is 34.5 Å². The maximum atomic E-state index is 12.8. The van der Waals surface area contributed by atoms with Crippen LogP contribution in [0.15, 0.2) is 36.4 Å². The van der Waals surface area contributed by atoms with Gasteiger partial charge in [0, 0.05) is 11.1 Å². The molecule has 0 radical (unpaired) electrons. The molecule has 5 rings (SSSR count). The first kappa shape index (κ1) is 19.5. The first-order valence-electron chi connectivity index (χ1n) is 9.74. The fourth-order valence-electron chi connectivity index (χ4n) is 3.83. The zero-order valence-electron chi connectivity index (χ0n) is 16.2. The smallest absolute Gasteiger partial charge is 0.258 e. The number of thiazole rings is 1. The van der Waals surface area contributed by atoms with Crippen molar-refractivity contribution in [3.8, 4) is 5.13 Å². The van der Waals surface area contributed by atoms with E-state index in [1.165, 1.54) is 24.0 Å². The number of amides is 1. The Balaban J connectivity index is 1.51. The van der Waals surface area contributed by atoms with Crippen LogP contribution in [0.3, 0.4) is 0 Å². The number of anilines is 1. The minimum atomic E-state index is -0.325. The standard InChI is InChI=1S/C22H18Cl2N4OS/c1-12-8-20(26-21(29)16-7-6-15(23)11-17(16)24)28(27-12)22-25-18-9-13-4-2-3-5-14(13)10-19(18)30-22/h6-11H,2-5H2,1H3,(H,26,29).